The zero-order valence-electron chi connectivity index (χ0n) is 21.5. The van der Waals surface area contributed by atoms with E-state index in [0.29, 0.717) is 12.4 Å². The van der Waals surface area contributed by atoms with Crippen LogP contribution in [0.4, 0.5) is 11.4 Å². The summed E-state index contributed by atoms with van der Waals surface area (Å²) < 4.78 is 6.29. The summed E-state index contributed by atoms with van der Waals surface area (Å²) in [6, 6.07) is 33.3. The number of aromatic nitrogens is 2. The summed E-state index contributed by atoms with van der Waals surface area (Å²) >= 11 is 0. The Morgan fingerprint density at radius 2 is 1.59 bits per heavy atom. The van der Waals surface area contributed by atoms with Gasteiger partial charge < -0.3 is 9.32 Å². The Labute approximate surface area is 227 Å². The molecule has 0 atom stereocenters. The Bertz CT molecular complexity index is 1850. The second kappa shape index (κ2) is 9.73. The summed E-state index contributed by atoms with van der Waals surface area (Å²) in [6.07, 6.45) is 8.23. The maximum atomic E-state index is 6.29. The van der Waals surface area contributed by atoms with Gasteiger partial charge in [0.05, 0.1) is 16.6 Å². The van der Waals surface area contributed by atoms with E-state index in [1.165, 1.54) is 0 Å². The van der Waals surface area contributed by atoms with Crippen molar-refractivity contribution in [1.82, 2.24) is 9.97 Å². The van der Waals surface area contributed by atoms with Gasteiger partial charge >= 0.3 is 0 Å². The van der Waals surface area contributed by atoms with Gasteiger partial charge in [0.15, 0.2) is 5.82 Å². The van der Waals surface area contributed by atoms with Gasteiger partial charge in [0.1, 0.15) is 11.3 Å². The smallest absolute Gasteiger partial charge is 0.160 e. The predicted molar refractivity (Wildman–Crippen MR) is 161 cm³/mol. The zero-order valence-corrected chi connectivity index (χ0v) is 21.5. The fourth-order valence-electron chi connectivity index (χ4n) is 5.48. The maximum Gasteiger partial charge on any atom is 0.160 e. The number of furan rings is 1. The highest BCUT2D eigenvalue weighted by atomic mass is 16.3. The Balaban J connectivity index is 1.47. The van der Waals surface area contributed by atoms with Crippen LogP contribution in [0.3, 0.4) is 0 Å². The first kappa shape index (κ1) is 23.2. The summed E-state index contributed by atoms with van der Waals surface area (Å²) in [5.74, 6) is 1.73. The van der Waals surface area contributed by atoms with E-state index in [-0.39, 0.29) is 0 Å². The molecule has 4 heteroatoms. The van der Waals surface area contributed by atoms with E-state index in [1.54, 1.807) is 0 Å². The number of allylic oxidation sites excluding steroid dienone is 1. The first-order chi connectivity index (χ1) is 19.3. The molecule has 188 valence electrons. The van der Waals surface area contributed by atoms with Crippen molar-refractivity contribution < 1.29 is 4.42 Å². The van der Waals surface area contributed by atoms with Crippen molar-refractivity contribution >= 4 is 39.3 Å². The lowest BCUT2D eigenvalue weighted by atomic mass is 9.98. The van der Waals surface area contributed by atoms with E-state index in [0.717, 1.165) is 74.2 Å². The summed E-state index contributed by atoms with van der Waals surface area (Å²) in [5.41, 5.74) is 8.04. The highest BCUT2D eigenvalue weighted by Crippen LogP contribution is 2.39. The molecule has 0 bridgehead atoms. The van der Waals surface area contributed by atoms with E-state index in [9.17, 15) is 0 Å². The van der Waals surface area contributed by atoms with Crippen molar-refractivity contribution in [2.24, 2.45) is 0 Å². The topological polar surface area (TPSA) is 42.2 Å². The van der Waals surface area contributed by atoms with E-state index < -0.39 is 0 Å². The quantitative estimate of drug-likeness (QED) is 0.212. The molecule has 0 radical (unpaired) electrons. The van der Waals surface area contributed by atoms with Gasteiger partial charge in [-0.15, -0.1) is 6.58 Å². The molecule has 0 fully saturated rings. The van der Waals surface area contributed by atoms with Gasteiger partial charge in [-0.2, -0.15) is 0 Å². The third kappa shape index (κ3) is 4.11. The number of para-hydroxylation sites is 1. The van der Waals surface area contributed by atoms with Gasteiger partial charge in [0.25, 0.3) is 0 Å². The number of hydrogen-bond donors (Lipinski definition) is 0. The van der Waals surface area contributed by atoms with E-state index in [4.69, 9.17) is 14.4 Å². The van der Waals surface area contributed by atoms with Gasteiger partial charge in [0.2, 0.25) is 0 Å². The van der Waals surface area contributed by atoms with Crippen molar-refractivity contribution in [1.29, 1.82) is 0 Å². The van der Waals surface area contributed by atoms with Gasteiger partial charge in [0, 0.05) is 46.4 Å². The molecule has 0 spiro atoms. The molecule has 7 rings (SSSR count). The highest BCUT2D eigenvalue weighted by molar-refractivity contribution is 6.12. The average molecular weight is 506 g/mol. The van der Waals surface area contributed by atoms with Crippen LogP contribution in [0.25, 0.3) is 50.6 Å². The molecule has 39 heavy (non-hydrogen) atoms. The molecule has 2 heterocycles. The Kier molecular flexibility index (Phi) is 5.78. The van der Waals surface area contributed by atoms with Gasteiger partial charge in [-0.3, -0.25) is 0 Å². The van der Waals surface area contributed by atoms with Crippen molar-refractivity contribution in [3.63, 3.8) is 0 Å². The van der Waals surface area contributed by atoms with Crippen LogP contribution in [0.15, 0.2) is 120 Å². The van der Waals surface area contributed by atoms with Crippen molar-refractivity contribution in [3.8, 4) is 22.6 Å². The summed E-state index contributed by atoms with van der Waals surface area (Å²) in [4.78, 5) is 12.6. The molecule has 0 unspecified atom stereocenters. The first-order valence-electron chi connectivity index (χ1n) is 13.3. The van der Waals surface area contributed by atoms with Crippen LogP contribution in [0.1, 0.15) is 17.7 Å². The monoisotopic (exact) mass is 505 g/mol. The molecule has 0 saturated carbocycles. The maximum absolute atomic E-state index is 6.29. The minimum Gasteiger partial charge on any atom is -0.460 e. The van der Waals surface area contributed by atoms with Crippen LogP contribution >= 0.6 is 0 Å². The minimum atomic E-state index is 0.690. The van der Waals surface area contributed by atoms with Crippen LogP contribution in [-0.2, 0) is 6.42 Å². The third-order valence-electron chi connectivity index (χ3n) is 7.30. The standard InChI is InChI=1S/C35H27N3O/c1-2-22-38(26-15-7-4-8-16-26)27-17-11-14-25(23-27)35-36-33(24-12-5-3-6-13-24)29-20-21-31-32(34(29)37-35)28-18-9-10-19-30(28)39-31/h2-9,11-18,20-21,23H,1,10,19,22H2. The SMILES string of the molecule is C=CCN(c1ccccc1)c1cccc(-c2nc(-c3ccccc3)c3ccc4oc5c(c4c3n2)C=CCC5)c1. The lowest BCUT2D eigenvalue weighted by Gasteiger charge is -2.24. The van der Waals surface area contributed by atoms with Crippen LogP contribution in [0.5, 0.6) is 0 Å². The Hall–Kier alpha value is -4.96. The van der Waals surface area contributed by atoms with Gasteiger partial charge in [-0.1, -0.05) is 78.9 Å². The van der Waals surface area contributed by atoms with Crippen molar-refractivity contribution in [3.05, 3.63) is 127 Å². The van der Waals surface area contributed by atoms with Crippen molar-refractivity contribution in [2.75, 3.05) is 11.4 Å². The molecular formula is C35H27N3O. The average Bonchev–Trinajstić information content (AvgIpc) is 3.39. The summed E-state index contributed by atoms with van der Waals surface area (Å²) in [6.45, 7) is 4.68. The van der Waals surface area contributed by atoms with Gasteiger partial charge in [-0.25, -0.2) is 9.97 Å². The molecule has 4 aromatic carbocycles. The first-order valence-corrected chi connectivity index (χ1v) is 13.3. The lowest BCUT2D eigenvalue weighted by Crippen LogP contribution is -2.16. The third-order valence-corrected chi connectivity index (χ3v) is 7.30. The fraction of sp³-hybridized carbons (Fsp3) is 0.0857. The van der Waals surface area contributed by atoms with E-state index in [2.05, 4.69) is 109 Å². The van der Waals surface area contributed by atoms with Crippen molar-refractivity contribution in [2.45, 2.75) is 12.8 Å². The van der Waals surface area contributed by atoms with Crippen LogP contribution < -0.4 is 4.90 Å². The number of hydrogen-bond acceptors (Lipinski definition) is 4. The molecular weight excluding hydrogens is 478 g/mol. The molecule has 0 amide bonds. The number of nitrogens with zero attached hydrogens (tertiary/aromatic N) is 3. The Morgan fingerprint density at radius 3 is 2.41 bits per heavy atom. The predicted octanol–water partition coefficient (Wildman–Crippen LogP) is 8.99. The fourth-order valence-corrected chi connectivity index (χ4v) is 5.48. The van der Waals surface area contributed by atoms with E-state index in [1.807, 2.05) is 18.2 Å². The molecule has 0 aliphatic heterocycles. The molecule has 0 saturated heterocycles. The highest BCUT2D eigenvalue weighted by Gasteiger charge is 2.21. The number of fused-ring (bicyclic) bond motifs is 5. The second-order valence-electron chi connectivity index (χ2n) is 9.76. The van der Waals surface area contributed by atoms with Crippen LogP contribution in [0, 0.1) is 0 Å². The molecule has 1 aliphatic rings. The minimum absolute atomic E-state index is 0.690. The lowest BCUT2D eigenvalue weighted by molar-refractivity contribution is 0.546. The Morgan fingerprint density at radius 1 is 0.821 bits per heavy atom. The normalized spacial score (nSPS) is 12.5. The number of anilines is 2. The van der Waals surface area contributed by atoms with Crippen LogP contribution in [-0.4, -0.2) is 16.5 Å². The zero-order chi connectivity index (χ0) is 26.2. The summed E-state index contributed by atoms with van der Waals surface area (Å²) in [7, 11) is 0. The molecule has 1 aliphatic carbocycles. The number of benzene rings is 4. The summed E-state index contributed by atoms with van der Waals surface area (Å²) in [5, 5.41) is 2.08. The second-order valence-corrected chi connectivity index (χ2v) is 9.76. The number of rotatable bonds is 6. The number of aryl methyl sites for hydroxylation is 1. The molecule has 6 aromatic rings. The largest absolute Gasteiger partial charge is 0.460 e. The van der Waals surface area contributed by atoms with Gasteiger partial charge in [-0.05, 0) is 42.8 Å². The molecule has 4 nitrogen and oxygen atoms in total. The van der Waals surface area contributed by atoms with Crippen LogP contribution in [0.2, 0.25) is 0 Å². The molecule has 2 aromatic heterocycles. The molecule has 0 N–H and O–H groups in total. The van der Waals surface area contributed by atoms with E-state index >= 15 is 0 Å².